The van der Waals surface area contributed by atoms with Gasteiger partial charge in [0.1, 0.15) is 24.2 Å². The SMILES string of the molecule is CC(=O)N[C@@H](CC(=O)O)C(=O)N[C@@H](CCC(=O)O)C(=O)N[C@H](C(=O)N[C@@H](CC(=O)O)C(=O)O)C(C)C.O=C(CNC(=O)c1ccccc1)CNC(=O)c1ccccc1. The predicted molar refractivity (Wildman–Crippen MR) is 200 cm³/mol. The molecule has 6 amide bonds. The van der Waals surface area contributed by atoms with E-state index in [0.29, 0.717) is 11.1 Å². The van der Waals surface area contributed by atoms with Crippen molar-refractivity contribution in [1.82, 2.24) is 31.9 Å². The maximum Gasteiger partial charge on any atom is 0.326 e. The number of carboxylic acids is 4. The maximum atomic E-state index is 12.9. The highest BCUT2D eigenvalue weighted by atomic mass is 16.4. The zero-order valence-electron chi connectivity index (χ0n) is 31.7. The van der Waals surface area contributed by atoms with E-state index in [0.717, 1.165) is 6.92 Å². The molecule has 21 nitrogen and oxygen atoms in total. The minimum atomic E-state index is -1.80. The van der Waals surface area contributed by atoms with Crippen LogP contribution in [0.2, 0.25) is 0 Å². The van der Waals surface area contributed by atoms with E-state index in [9.17, 15) is 52.7 Å². The summed E-state index contributed by atoms with van der Waals surface area (Å²) in [5.74, 6) is -11.4. The number of carbonyl (C=O) groups is 11. The number of Topliss-reactive ketones (excluding diaryl/α,β-unsaturated/α-hetero) is 1. The van der Waals surface area contributed by atoms with E-state index in [1.54, 1.807) is 60.7 Å². The van der Waals surface area contributed by atoms with Gasteiger partial charge in [-0.2, -0.15) is 0 Å². The predicted octanol–water partition coefficient (Wildman–Crippen LogP) is -1.08. The Morgan fingerprint density at radius 2 is 0.966 bits per heavy atom. The molecular formula is C37H46N6O15. The zero-order valence-corrected chi connectivity index (χ0v) is 31.7. The summed E-state index contributed by atoms with van der Waals surface area (Å²) in [5.41, 5.74) is 0.979. The summed E-state index contributed by atoms with van der Waals surface area (Å²) in [4.78, 5) is 129. The van der Waals surface area contributed by atoms with Crippen molar-refractivity contribution in [2.75, 3.05) is 13.1 Å². The van der Waals surface area contributed by atoms with Crippen molar-refractivity contribution >= 4 is 65.1 Å². The van der Waals surface area contributed by atoms with Crippen molar-refractivity contribution in [2.45, 2.75) is 70.6 Å². The van der Waals surface area contributed by atoms with E-state index in [2.05, 4.69) is 26.6 Å². The molecule has 0 spiro atoms. The first-order valence-electron chi connectivity index (χ1n) is 17.5. The molecule has 0 fully saturated rings. The molecule has 0 bridgehead atoms. The van der Waals surface area contributed by atoms with Crippen LogP contribution in [-0.2, 0) is 43.2 Å². The van der Waals surface area contributed by atoms with Crippen LogP contribution in [0.1, 0.15) is 67.2 Å². The first-order valence-corrected chi connectivity index (χ1v) is 17.5. The molecule has 0 aliphatic carbocycles. The highest BCUT2D eigenvalue weighted by Crippen LogP contribution is 2.08. The average molecular weight is 815 g/mol. The van der Waals surface area contributed by atoms with Gasteiger partial charge >= 0.3 is 23.9 Å². The van der Waals surface area contributed by atoms with Gasteiger partial charge in [-0.1, -0.05) is 50.2 Å². The Labute approximate surface area is 331 Å². The third-order valence-electron chi connectivity index (χ3n) is 7.56. The Bertz CT molecular complexity index is 1730. The second-order valence-corrected chi connectivity index (χ2v) is 12.7. The van der Waals surface area contributed by atoms with Crippen LogP contribution < -0.4 is 31.9 Å². The standard InChI is InChI=1S/C20H30N4O12.C17H16N2O3/c1-8(2)16(19(34)23-12(20(35)36)7-15(30)31)24-17(32)10(4-5-13(26)27)22-18(33)11(6-14(28)29)21-9(3)25;20-15(11-18-16(21)13-7-3-1-4-8-13)12-19-17(22)14-9-5-2-6-10-14/h8,10-12,16H,4-7H2,1-3H3,(H,21,25)(H,22,33)(H,23,34)(H,24,32)(H,26,27)(H,28,29)(H,30,31)(H,35,36);1-10H,11-12H2,(H,18,21)(H,19,22)/t10-,11-,12-,16-;/m0./s1. The number of ketones is 1. The number of benzene rings is 2. The fourth-order valence-corrected chi connectivity index (χ4v) is 4.67. The van der Waals surface area contributed by atoms with Crippen molar-refractivity contribution in [3.05, 3.63) is 71.8 Å². The smallest absolute Gasteiger partial charge is 0.326 e. The number of rotatable bonds is 22. The Hall–Kier alpha value is -7.19. The summed E-state index contributed by atoms with van der Waals surface area (Å²) < 4.78 is 0. The van der Waals surface area contributed by atoms with Gasteiger partial charge in [0, 0.05) is 24.5 Å². The van der Waals surface area contributed by atoms with Crippen LogP contribution in [0.15, 0.2) is 60.7 Å². The number of nitrogens with one attached hydrogen (secondary N) is 6. The lowest BCUT2D eigenvalue weighted by molar-refractivity contribution is -0.147. The molecule has 2 rings (SSSR count). The van der Waals surface area contributed by atoms with Gasteiger partial charge in [-0.25, -0.2) is 4.79 Å². The van der Waals surface area contributed by atoms with Crippen molar-refractivity contribution in [3.63, 3.8) is 0 Å². The lowest BCUT2D eigenvalue weighted by Crippen LogP contribution is -2.59. The fourth-order valence-electron chi connectivity index (χ4n) is 4.67. The van der Waals surface area contributed by atoms with E-state index in [1.807, 2.05) is 5.32 Å². The monoisotopic (exact) mass is 814 g/mol. The van der Waals surface area contributed by atoms with Crippen molar-refractivity contribution in [2.24, 2.45) is 5.92 Å². The van der Waals surface area contributed by atoms with Crippen molar-refractivity contribution < 1.29 is 73.2 Å². The molecule has 0 aromatic heterocycles. The molecule has 0 saturated carbocycles. The third kappa shape index (κ3) is 19.4. The van der Waals surface area contributed by atoms with E-state index >= 15 is 0 Å². The molecule has 2 aromatic rings. The zero-order chi connectivity index (χ0) is 43.9. The Kier molecular flexibility index (Phi) is 21.1. The molecular weight excluding hydrogens is 768 g/mol. The normalized spacial score (nSPS) is 12.3. The molecule has 0 unspecified atom stereocenters. The van der Waals surface area contributed by atoms with Crippen molar-refractivity contribution in [1.29, 1.82) is 0 Å². The van der Waals surface area contributed by atoms with E-state index in [1.165, 1.54) is 13.8 Å². The molecule has 0 aliphatic heterocycles. The highest BCUT2D eigenvalue weighted by Gasteiger charge is 2.33. The second kappa shape index (κ2) is 25.1. The minimum absolute atomic E-state index is 0.122. The molecule has 21 heteroatoms. The summed E-state index contributed by atoms with van der Waals surface area (Å²) in [5, 5.41) is 49.4. The minimum Gasteiger partial charge on any atom is -0.481 e. The number of hydrogen-bond acceptors (Lipinski definition) is 11. The number of carboxylic acid groups (broad SMARTS) is 4. The highest BCUT2D eigenvalue weighted by molar-refractivity contribution is 6.00. The van der Waals surface area contributed by atoms with Crippen molar-refractivity contribution in [3.8, 4) is 0 Å². The quantitative estimate of drug-likeness (QED) is 0.0676. The van der Waals surface area contributed by atoms with E-state index in [4.69, 9.17) is 20.4 Å². The average Bonchev–Trinajstić information content (AvgIpc) is 3.15. The van der Waals surface area contributed by atoms with Gasteiger partial charge in [-0.05, 0) is 36.6 Å². The Morgan fingerprint density at radius 1 is 0.534 bits per heavy atom. The summed E-state index contributed by atoms with van der Waals surface area (Å²) in [6.07, 6.45) is -2.86. The van der Waals surface area contributed by atoms with Gasteiger partial charge in [-0.15, -0.1) is 0 Å². The summed E-state index contributed by atoms with van der Waals surface area (Å²) in [7, 11) is 0. The molecule has 0 radical (unpaired) electrons. The summed E-state index contributed by atoms with van der Waals surface area (Å²) >= 11 is 0. The maximum absolute atomic E-state index is 12.9. The second-order valence-electron chi connectivity index (χ2n) is 12.7. The van der Waals surface area contributed by atoms with Gasteiger partial charge in [0.2, 0.25) is 23.6 Å². The molecule has 0 aliphatic rings. The Balaban J connectivity index is 0.000000647. The first-order chi connectivity index (χ1) is 27.2. The van der Waals surface area contributed by atoms with Gasteiger partial charge in [-0.3, -0.25) is 47.9 Å². The fraction of sp³-hybridized carbons (Fsp3) is 0.378. The lowest BCUT2D eigenvalue weighted by Gasteiger charge is -2.27. The summed E-state index contributed by atoms with van der Waals surface area (Å²) in [6, 6.07) is 10.9. The third-order valence-corrected chi connectivity index (χ3v) is 7.56. The number of carbonyl (C=O) groups excluding carboxylic acids is 7. The number of amides is 6. The number of aliphatic carboxylic acids is 4. The molecule has 10 N–H and O–H groups in total. The largest absolute Gasteiger partial charge is 0.481 e. The van der Waals surface area contributed by atoms with Crippen LogP contribution >= 0.6 is 0 Å². The molecule has 314 valence electrons. The van der Waals surface area contributed by atoms with Gasteiger partial charge in [0.05, 0.1) is 25.9 Å². The molecule has 58 heavy (non-hydrogen) atoms. The van der Waals surface area contributed by atoms with Gasteiger partial charge in [0.25, 0.3) is 11.8 Å². The summed E-state index contributed by atoms with van der Waals surface area (Å²) in [6.45, 7) is 3.73. The lowest BCUT2D eigenvalue weighted by atomic mass is 10.0. The molecule has 0 heterocycles. The van der Waals surface area contributed by atoms with Gasteiger partial charge in [0.15, 0.2) is 5.78 Å². The first kappa shape index (κ1) is 48.8. The number of hydrogen-bond donors (Lipinski definition) is 10. The molecule has 4 atom stereocenters. The van der Waals surface area contributed by atoms with Gasteiger partial charge < -0.3 is 52.3 Å². The van der Waals surface area contributed by atoms with Crippen LogP contribution in [0, 0.1) is 5.92 Å². The van der Waals surface area contributed by atoms with Crippen LogP contribution in [-0.4, -0.2) is 123 Å². The van der Waals surface area contributed by atoms with Crippen LogP contribution in [0.5, 0.6) is 0 Å². The Morgan fingerprint density at radius 3 is 1.36 bits per heavy atom. The molecule has 0 saturated heterocycles. The van der Waals surface area contributed by atoms with Crippen LogP contribution in [0.3, 0.4) is 0 Å². The van der Waals surface area contributed by atoms with E-state index < -0.39 is 103 Å². The molecule has 2 aromatic carbocycles. The van der Waals surface area contributed by atoms with E-state index in [-0.39, 0.29) is 30.7 Å². The van der Waals surface area contributed by atoms with Crippen LogP contribution in [0.4, 0.5) is 0 Å². The topological polar surface area (TPSA) is 341 Å². The van der Waals surface area contributed by atoms with Crippen LogP contribution in [0.25, 0.3) is 0 Å².